The molecule has 5 rings (SSSR count). The van der Waals surface area contributed by atoms with Crippen LogP contribution in [0.25, 0.3) is 21.8 Å². The Morgan fingerprint density at radius 1 is 1.03 bits per heavy atom. The van der Waals surface area contributed by atoms with Crippen LogP contribution in [-0.2, 0) is 6.42 Å². The molecule has 6 nitrogen and oxygen atoms in total. The second-order valence-corrected chi connectivity index (χ2v) is 8.58. The lowest BCUT2D eigenvalue weighted by atomic mass is 9.92. The van der Waals surface area contributed by atoms with Crippen molar-refractivity contribution in [1.82, 2.24) is 20.3 Å². The summed E-state index contributed by atoms with van der Waals surface area (Å²) < 4.78 is 0. The number of piperidine rings is 1. The molecule has 1 aliphatic heterocycles. The Balaban J connectivity index is 1.32. The van der Waals surface area contributed by atoms with Crippen LogP contribution in [0.15, 0.2) is 54.7 Å². The predicted molar refractivity (Wildman–Crippen MR) is 125 cm³/mol. The fourth-order valence-electron chi connectivity index (χ4n) is 4.51. The van der Waals surface area contributed by atoms with Gasteiger partial charge in [0.05, 0.1) is 17.5 Å². The number of benzene rings is 2. The van der Waals surface area contributed by atoms with Crippen LogP contribution in [0.3, 0.4) is 0 Å². The first-order chi connectivity index (χ1) is 15.7. The van der Waals surface area contributed by atoms with Gasteiger partial charge in [0.2, 0.25) is 0 Å². The van der Waals surface area contributed by atoms with Crippen molar-refractivity contribution in [3.8, 4) is 0 Å². The lowest BCUT2D eigenvalue weighted by Gasteiger charge is -2.22. The van der Waals surface area contributed by atoms with Crippen LogP contribution in [0.4, 0.5) is 0 Å². The Kier molecular flexibility index (Phi) is 5.77. The van der Waals surface area contributed by atoms with E-state index in [1.54, 1.807) is 6.20 Å². The lowest BCUT2D eigenvalue weighted by molar-refractivity contribution is 0.0970. The van der Waals surface area contributed by atoms with E-state index in [4.69, 9.17) is 0 Å². The normalized spacial score (nSPS) is 16.4. The number of Topliss-reactive ketones (excluding diaryl/α,β-unsaturated/α-hetero) is 2. The molecule has 0 bridgehead atoms. The third kappa shape index (κ3) is 4.32. The molecule has 2 aromatic heterocycles. The topological polar surface area (TPSA) is 87.7 Å². The zero-order valence-electron chi connectivity index (χ0n) is 17.9. The maximum absolute atomic E-state index is 12.9. The van der Waals surface area contributed by atoms with E-state index in [2.05, 4.69) is 20.3 Å². The zero-order chi connectivity index (χ0) is 21.9. The number of rotatable bonds is 7. The average molecular weight is 427 g/mol. The Hall–Kier alpha value is -3.38. The number of carbonyl (C=O) groups is 2. The summed E-state index contributed by atoms with van der Waals surface area (Å²) in [6.07, 6.45) is 5.61. The number of nitrogens with one attached hydrogen (secondary N) is 2. The molecule has 162 valence electrons. The van der Waals surface area contributed by atoms with E-state index in [0.717, 1.165) is 35.8 Å². The van der Waals surface area contributed by atoms with Gasteiger partial charge in [-0.25, -0.2) is 4.98 Å². The molecule has 0 saturated carbocycles. The van der Waals surface area contributed by atoms with Crippen molar-refractivity contribution in [1.29, 1.82) is 0 Å². The molecule has 6 heteroatoms. The monoisotopic (exact) mass is 426 g/mol. The maximum atomic E-state index is 12.9. The van der Waals surface area contributed by atoms with Crippen molar-refractivity contribution >= 4 is 33.4 Å². The number of fused-ring (bicyclic) bond motifs is 2. The van der Waals surface area contributed by atoms with Gasteiger partial charge < -0.3 is 10.3 Å². The number of ketones is 2. The first-order valence-electron chi connectivity index (χ1n) is 11.3. The number of nitrogens with zero attached hydrogens (tertiary/aromatic N) is 2. The standard InChI is InChI=1S/C26H26N4O2/c31-23(11-10-17-5-4-12-27-15-17)20-8-3-9-21-26(20)30-25(29-21)14-24(32)22-13-18-6-1-2-7-19(18)16-28-22/h1-3,6-9,13,16-17,27H,4-5,10-12,14-15H2,(H,29,30)/t17-/m1/s1. The van der Waals surface area contributed by atoms with Gasteiger partial charge in [-0.1, -0.05) is 30.3 Å². The number of imidazole rings is 1. The molecule has 4 aromatic rings. The number of H-pyrrole nitrogens is 1. The number of pyridine rings is 1. The first-order valence-corrected chi connectivity index (χ1v) is 11.3. The minimum Gasteiger partial charge on any atom is -0.342 e. The highest BCUT2D eigenvalue weighted by molar-refractivity contribution is 6.06. The SMILES string of the molecule is O=C(Cc1nc2c(C(=O)CC[C@H]3CCCNC3)cccc2[nH]1)c1cc2ccccc2cn1. The van der Waals surface area contributed by atoms with Crippen molar-refractivity contribution in [2.24, 2.45) is 5.92 Å². The Morgan fingerprint density at radius 3 is 2.75 bits per heavy atom. The van der Waals surface area contributed by atoms with Crippen LogP contribution in [0, 0.1) is 5.92 Å². The predicted octanol–water partition coefficient (Wildman–Crippen LogP) is 4.50. The Morgan fingerprint density at radius 2 is 1.91 bits per heavy atom. The molecule has 1 saturated heterocycles. The van der Waals surface area contributed by atoms with Gasteiger partial charge >= 0.3 is 0 Å². The minimum atomic E-state index is -0.104. The highest BCUT2D eigenvalue weighted by atomic mass is 16.1. The number of hydrogen-bond donors (Lipinski definition) is 2. The molecule has 1 atom stereocenters. The Bertz CT molecular complexity index is 1290. The third-order valence-corrected chi connectivity index (χ3v) is 6.29. The second kappa shape index (κ2) is 9.01. The number of para-hydroxylation sites is 1. The van der Waals surface area contributed by atoms with E-state index < -0.39 is 0 Å². The van der Waals surface area contributed by atoms with Crippen molar-refractivity contribution in [3.05, 3.63) is 71.8 Å². The van der Waals surface area contributed by atoms with Gasteiger partial charge in [-0.3, -0.25) is 14.6 Å². The van der Waals surface area contributed by atoms with E-state index >= 15 is 0 Å². The van der Waals surface area contributed by atoms with Crippen molar-refractivity contribution in [2.45, 2.75) is 32.1 Å². The highest BCUT2D eigenvalue weighted by Crippen LogP contribution is 2.22. The highest BCUT2D eigenvalue weighted by Gasteiger charge is 2.19. The van der Waals surface area contributed by atoms with Crippen LogP contribution in [-0.4, -0.2) is 39.6 Å². The van der Waals surface area contributed by atoms with Crippen molar-refractivity contribution < 1.29 is 9.59 Å². The molecule has 0 unspecified atom stereocenters. The van der Waals surface area contributed by atoms with Crippen LogP contribution < -0.4 is 5.32 Å². The number of aromatic nitrogens is 3. The second-order valence-electron chi connectivity index (χ2n) is 8.58. The smallest absolute Gasteiger partial charge is 0.188 e. The lowest BCUT2D eigenvalue weighted by Crippen LogP contribution is -2.30. The number of hydrogen-bond acceptors (Lipinski definition) is 5. The summed E-state index contributed by atoms with van der Waals surface area (Å²) in [6.45, 7) is 2.07. The third-order valence-electron chi connectivity index (χ3n) is 6.29. The van der Waals surface area contributed by atoms with Gasteiger partial charge in [0.1, 0.15) is 11.5 Å². The zero-order valence-corrected chi connectivity index (χ0v) is 17.9. The number of aromatic amines is 1. The van der Waals surface area contributed by atoms with Crippen LogP contribution >= 0.6 is 0 Å². The van der Waals surface area contributed by atoms with Gasteiger partial charge in [0, 0.05) is 23.6 Å². The maximum Gasteiger partial charge on any atom is 0.188 e. The molecule has 2 N–H and O–H groups in total. The summed E-state index contributed by atoms with van der Waals surface area (Å²) >= 11 is 0. The molecule has 1 aliphatic rings. The molecule has 0 radical (unpaired) electrons. The quantitative estimate of drug-likeness (QED) is 0.425. The van der Waals surface area contributed by atoms with Crippen molar-refractivity contribution in [3.63, 3.8) is 0 Å². The van der Waals surface area contributed by atoms with Gasteiger partial charge in [-0.2, -0.15) is 0 Å². The van der Waals surface area contributed by atoms with E-state index in [1.165, 1.54) is 12.8 Å². The minimum absolute atomic E-state index is 0.104. The fourth-order valence-corrected chi connectivity index (χ4v) is 4.51. The summed E-state index contributed by atoms with van der Waals surface area (Å²) in [5, 5.41) is 5.39. The summed E-state index contributed by atoms with van der Waals surface area (Å²) in [7, 11) is 0. The molecule has 0 aliphatic carbocycles. The van der Waals surface area contributed by atoms with Gasteiger partial charge in [-0.05, 0) is 61.9 Å². The molecule has 1 fully saturated rings. The van der Waals surface area contributed by atoms with E-state index in [0.29, 0.717) is 34.9 Å². The molecule has 0 spiro atoms. The molecule has 3 heterocycles. The molecule has 2 aromatic carbocycles. The molecular formula is C26H26N4O2. The Labute approximate surface area is 186 Å². The molecule has 32 heavy (non-hydrogen) atoms. The largest absolute Gasteiger partial charge is 0.342 e. The van der Waals surface area contributed by atoms with Crippen molar-refractivity contribution in [2.75, 3.05) is 13.1 Å². The van der Waals surface area contributed by atoms with Gasteiger partial charge in [0.15, 0.2) is 11.6 Å². The average Bonchev–Trinajstić information content (AvgIpc) is 3.25. The summed E-state index contributed by atoms with van der Waals surface area (Å²) in [6, 6.07) is 15.2. The first kappa shape index (κ1) is 20.5. The van der Waals surface area contributed by atoms with Crippen LogP contribution in [0.2, 0.25) is 0 Å². The van der Waals surface area contributed by atoms with E-state index in [9.17, 15) is 9.59 Å². The number of carbonyl (C=O) groups excluding carboxylic acids is 2. The van der Waals surface area contributed by atoms with Crippen LogP contribution in [0.1, 0.15) is 52.4 Å². The van der Waals surface area contributed by atoms with Gasteiger partial charge in [0.25, 0.3) is 0 Å². The van der Waals surface area contributed by atoms with Crippen LogP contribution in [0.5, 0.6) is 0 Å². The molecular weight excluding hydrogens is 400 g/mol. The van der Waals surface area contributed by atoms with E-state index in [-0.39, 0.29) is 18.0 Å². The summed E-state index contributed by atoms with van der Waals surface area (Å²) in [5.41, 5.74) is 2.48. The molecule has 0 amide bonds. The summed E-state index contributed by atoms with van der Waals surface area (Å²) in [5.74, 6) is 1.12. The fraction of sp³-hybridized carbons (Fsp3) is 0.308. The van der Waals surface area contributed by atoms with E-state index in [1.807, 2.05) is 48.5 Å². The van der Waals surface area contributed by atoms with Gasteiger partial charge in [-0.15, -0.1) is 0 Å². The summed E-state index contributed by atoms with van der Waals surface area (Å²) in [4.78, 5) is 37.9.